The van der Waals surface area contributed by atoms with Crippen LogP contribution in [0.25, 0.3) is 0 Å². The standard InChI is InChI=1S/C6H3BrCl/c7-5-2-1-3-6(8)4-5/h2-4H. The first-order valence-electron chi connectivity index (χ1n) is 2.11. The monoisotopic (exact) mass is 189 g/mol. The Morgan fingerprint density at radius 2 is 2.25 bits per heavy atom. The van der Waals surface area contributed by atoms with E-state index in [4.69, 9.17) is 11.6 Å². The molecule has 0 aliphatic carbocycles. The summed E-state index contributed by atoms with van der Waals surface area (Å²) in [4.78, 5) is 0. The van der Waals surface area contributed by atoms with Gasteiger partial charge in [0.15, 0.2) is 0 Å². The Bertz CT molecular complexity index is 168. The summed E-state index contributed by atoms with van der Waals surface area (Å²) in [5.74, 6) is 0. The summed E-state index contributed by atoms with van der Waals surface area (Å²) in [5.41, 5.74) is 0. The third-order valence-corrected chi connectivity index (χ3v) is 1.39. The van der Waals surface area contributed by atoms with Gasteiger partial charge in [-0.2, -0.15) is 0 Å². The molecule has 8 heavy (non-hydrogen) atoms. The minimum absolute atomic E-state index is 0.708. The highest BCUT2D eigenvalue weighted by Crippen LogP contribution is 2.14. The van der Waals surface area contributed by atoms with E-state index < -0.39 is 0 Å². The van der Waals surface area contributed by atoms with Crippen molar-refractivity contribution in [3.8, 4) is 0 Å². The van der Waals surface area contributed by atoms with Crippen LogP contribution in [0.1, 0.15) is 0 Å². The Morgan fingerprint density at radius 1 is 1.50 bits per heavy atom. The highest BCUT2D eigenvalue weighted by Gasteiger charge is 1.85. The van der Waals surface area contributed by atoms with E-state index in [0.29, 0.717) is 5.02 Å². The minimum Gasteiger partial charge on any atom is -0.0843 e. The Hall–Kier alpha value is -0.0100. The number of benzene rings is 1. The van der Waals surface area contributed by atoms with Crippen LogP contribution < -0.4 is 0 Å². The highest BCUT2D eigenvalue weighted by molar-refractivity contribution is 9.10. The normalized spacial score (nSPS) is 9.25. The molecule has 0 heterocycles. The maximum atomic E-state index is 5.58. The highest BCUT2D eigenvalue weighted by atomic mass is 79.9. The van der Waals surface area contributed by atoms with Crippen molar-refractivity contribution in [2.24, 2.45) is 0 Å². The van der Waals surface area contributed by atoms with Gasteiger partial charge in [-0.05, 0) is 24.3 Å². The van der Waals surface area contributed by atoms with Gasteiger partial charge in [-0.15, -0.1) is 0 Å². The lowest BCUT2D eigenvalue weighted by atomic mass is 10.4. The van der Waals surface area contributed by atoms with Crippen LogP contribution >= 0.6 is 27.5 Å². The lowest BCUT2D eigenvalue weighted by Gasteiger charge is -1.86. The zero-order chi connectivity index (χ0) is 5.98. The van der Waals surface area contributed by atoms with Gasteiger partial charge in [0, 0.05) is 9.50 Å². The summed E-state index contributed by atoms with van der Waals surface area (Å²) >= 11 is 8.83. The Balaban J connectivity index is 3.08. The van der Waals surface area contributed by atoms with Crippen molar-refractivity contribution in [1.29, 1.82) is 0 Å². The van der Waals surface area contributed by atoms with E-state index in [1.807, 2.05) is 12.1 Å². The second kappa shape index (κ2) is 2.51. The van der Waals surface area contributed by atoms with Gasteiger partial charge in [-0.3, -0.25) is 0 Å². The summed E-state index contributed by atoms with van der Waals surface area (Å²) in [5, 5.41) is 0.708. The summed E-state index contributed by atoms with van der Waals surface area (Å²) in [6.45, 7) is 0. The minimum atomic E-state index is 0.708. The molecule has 0 aliphatic rings. The second-order valence-electron chi connectivity index (χ2n) is 1.37. The van der Waals surface area contributed by atoms with Gasteiger partial charge in [0.05, 0.1) is 0 Å². The Kier molecular flexibility index (Phi) is 1.92. The molecule has 0 N–H and O–H groups in total. The third kappa shape index (κ3) is 1.49. The molecule has 0 saturated heterocycles. The molecule has 1 rings (SSSR count). The molecule has 1 radical (unpaired) electrons. The lowest BCUT2D eigenvalue weighted by molar-refractivity contribution is 1.64. The smallest absolute Gasteiger partial charge is 0.0423 e. The zero-order valence-corrected chi connectivity index (χ0v) is 6.33. The fourth-order valence-electron chi connectivity index (χ4n) is 0.416. The first-order valence-corrected chi connectivity index (χ1v) is 3.28. The molecule has 0 nitrogen and oxygen atoms in total. The van der Waals surface area contributed by atoms with Crippen molar-refractivity contribution in [2.75, 3.05) is 0 Å². The van der Waals surface area contributed by atoms with Crippen LogP contribution in [0.3, 0.4) is 0 Å². The van der Waals surface area contributed by atoms with Gasteiger partial charge < -0.3 is 0 Å². The maximum Gasteiger partial charge on any atom is 0.0423 e. The fourth-order valence-corrected chi connectivity index (χ4v) is 1.11. The predicted molar refractivity (Wildman–Crippen MR) is 38.0 cm³/mol. The Morgan fingerprint density at radius 3 is 2.62 bits per heavy atom. The summed E-state index contributed by atoms with van der Waals surface area (Å²) in [6.07, 6.45) is 0. The van der Waals surface area contributed by atoms with Crippen LogP contribution in [-0.2, 0) is 0 Å². The molecular weight excluding hydrogens is 187 g/mol. The van der Waals surface area contributed by atoms with Crippen molar-refractivity contribution in [3.63, 3.8) is 0 Å². The average Bonchev–Trinajstić information content (AvgIpc) is 1.64. The van der Waals surface area contributed by atoms with E-state index in [2.05, 4.69) is 22.0 Å². The van der Waals surface area contributed by atoms with Crippen LogP contribution in [0.4, 0.5) is 0 Å². The van der Waals surface area contributed by atoms with Crippen LogP contribution in [0.5, 0.6) is 0 Å². The van der Waals surface area contributed by atoms with Crippen molar-refractivity contribution in [1.82, 2.24) is 0 Å². The molecule has 0 spiro atoms. The van der Waals surface area contributed by atoms with Crippen LogP contribution in [0.2, 0.25) is 5.02 Å². The number of rotatable bonds is 0. The molecule has 0 amide bonds. The van der Waals surface area contributed by atoms with Gasteiger partial charge in [-0.1, -0.05) is 27.5 Å². The van der Waals surface area contributed by atoms with Crippen molar-refractivity contribution < 1.29 is 0 Å². The molecule has 0 unspecified atom stereocenters. The number of hydrogen-bond acceptors (Lipinski definition) is 0. The van der Waals surface area contributed by atoms with Crippen molar-refractivity contribution in [2.45, 2.75) is 0 Å². The molecule has 0 saturated carbocycles. The Labute approximate surface area is 61.6 Å². The predicted octanol–water partition coefficient (Wildman–Crippen LogP) is 2.90. The zero-order valence-electron chi connectivity index (χ0n) is 3.99. The molecule has 41 valence electrons. The van der Waals surface area contributed by atoms with E-state index in [-0.39, 0.29) is 0 Å². The maximum absolute atomic E-state index is 5.58. The van der Waals surface area contributed by atoms with Crippen LogP contribution in [0, 0.1) is 6.07 Å². The topological polar surface area (TPSA) is 0 Å². The quantitative estimate of drug-likeness (QED) is 0.590. The summed E-state index contributed by atoms with van der Waals surface area (Å²) in [6, 6.07) is 8.19. The first-order chi connectivity index (χ1) is 3.79. The van der Waals surface area contributed by atoms with E-state index in [0.717, 1.165) is 4.47 Å². The van der Waals surface area contributed by atoms with Crippen molar-refractivity contribution in [3.05, 3.63) is 33.8 Å². The number of halogens is 2. The largest absolute Gasteiger partial charge is 0.0843 e. The van der Waals surface area contributed by atoms with E-state index in [1.165, 1.54) is 0 Å². The molecule has 2 heteroatoms. The SMILES string of the molecule is Clc1c[c]cc(Br)c1. The number of hydrogen-bond donors (Lipinski definition) is 0. The third-order valence-electron chi connectivity index (χ3n) is 0.718. The molecule has 0 aliphatic heterocycles. The molecular formula is C6H3BrCl. The molecule has 0 aromatic heterocycles. The van der Waals surface area contributed by atoms with Gasteiger partial charge in [-0.25, -0.2) is 0 Å². The van der Waals surface area contributed by atoms with Gasteiger partial charge >= 0.3 is 0 Å². The second-order valence-corrected chi connectivity index (χ2v) is 2.72. The summed E-state index contributed by atoms with van der Waals surface area (Å²) in [7, 11) is 0. The fraction of sp³-hybridized carbons (Fsp3) is 0. The van der Waals surface area contributed by atoms with Crippen LogP contribution in [-0.4, -0.2) is 0 Å². The van der Waals surface area contributed by atoms with Crippen LogP contribution in [0.15, 0.2) is 22.7 Å². The summed E-state index contributed by atoms with van der Waals surface area (Å²) < 4.78 is 0.963. The van der Waals surface area contributed by atoms with E-state index in [1.54, 1.807) is 6.07 Å². The first kappa shape index (κ1) is 6.12. The lowest BCUT2D eigenvalue weighted by Crippen LogP contribution is -1.62. The average molecular weight is 190 g/mol. The molecule has 0 bridgehead atoms. The van der Waals surface area contributed by atoms with Crippen molar-refractivity contribution >= 4 is 27.5 Å². The van der Waals surface area contributed by atoms with Gasteiger partial charge in [0.2, 0.25) is 0 Å². The molecule has 0 atom stereocenters. The van der Waals surface area contributed by atoms with E-state index in [9.17, 15) is 0 Å². The van der Waals surface area contributed by atoms with E-state index >= 15 is 0 Å². The molecule has 1 aromatic rings. The molecule has 1 aromatic carbocycles. The molecule has 0 fully saturated rings. The van der Waals surface area contributed by atoms with Gasteiger partial charge in [0.1, 0.15) is 0 Å². The van der Waals surface area contributed by atoms with Gasteiger partial charge in [0.25, 0.3) is 0 Å².